The third-order valence-corrected chi connectivity index (χ3v) is 7.19. The van der Waals surface area contributed by atoms with Crippen LogP contribution in [0, 0.1) is 5.92 Å². The van der Waals surface area contributed by atoms with Crippen LogP contribution in [-0.2, 0) is 14.8 Å². The Morgan fingerprint density at radius 1 is 1.12 bits per heavy atom. The monoisotopic (exact) mass is 459 g/mol. The first-order valence-corrected chi connectivity index (χ1v) is 12.8. The highest BCUT2D eigenvalue weighted by Crippen LogP contribution is 2.25. The van der Waals surface area contributed by atoms with E-state index in [9.17, 15) is 13.2 Å². The number of piperidine rings is 1. The van der Waals surface area contributed by atoms with Crippen LogP contribution < -0.4 is 19.3 Å². The van der Waals surface area contributed by atoms with Gasteiger partial charge < -0.3 is 15.0 Å². The van der Waals surface area contributed by atoms with Gasteiger partial charge in [-0.05, 0) is 67.6 Å². The minimum absolute atomic E-state index is 0.115. The highest BCUT2D eigenvalue weighted by atomic mass is 32.2. The topological polar surface area (TPSA) is 79.0 Å². The number of hydrogen-bond acceptors (Lipinski definition) is 5. The number of sulfonamides is 1. The summed E-state index contributed by atoms with van der Waals surface area (Å²) in [5.41, 5.74) is 2.80. The molecule has 8 heteroatoms. The van der Waals surface area contributed by atoms with Gasteiger partial charge >= 0.3 is 0 Å². The standard InChI is InChI=1S/C24H33N3O4S/c1-18-13-15-27(16-14-18)22-7-5-20(6-8-22)19(2)25-24(28)17-31-23-11-9-21(10-12-23)26(3)32(4,29)30/h5-12,18-19H,13-17H2,1-4H3,(H,25,28)/t19-/m1/s1. The van der Waals surface area contributed by atoms with Crippen LogP contribution in [0.2, 0.25) is 0 Å². The van der Waals surface area contributed by atoms with Crippen LogP contribution in [0.4, 0.5) is 11.4 Å². The molecule has 1 heterocycles. The fraction of sp³-hybridized carbons (Fsp3) is 0.458. The Labute approximate surface area is 191 Å². The second-order valence-corrected chi connectivity index (χ2v) is 10.6. The van der Waals surface area contributed by atoms with E-state index in [4.69, 9.17) is 4.74 Å². The lowest BCUT2D eigenvalue weighted by molar-refractivity contribution is -0.123. The van der Waals surface area contributed by atoms with Crippen molar-refractivity contribution in [2.24, 2.45) is 5.92 Å². The Hall–Kier alpha value is -2.74. The molecule has 2 aromatic rings. The number of rotatable bonds is 8. The number of nitrogens with zero attached hydrogens (tertiary/aromatic N) is 2. The van der Waals surface area contributed by atoms with Crippen LogP contribution in [0.25, 0.3) is 0 Å². The summed E-state index contributed by atoms with van der Waals surface area (Å²) in [5.74, 6) is 1.08. The Balaban J connectivity index is 1.48. The average molecular weight is 460 g/mol. The van der Waals surface area contributed by atoms with Crippen LogP contribution in [0.15, 0.2) is 48.5 Å². The van der Waals surface area contributed by atoms with E-state index in [1.54, 1.807) is 24.3 Å². The van der Waals surface area contributed by atoms with Gasteiger partial charge in [-0.15, -0.1) is 0 Å². The molecule has 1 saturated heterocycles. The van der Waals surface area contributed by atoms with Crippen LogP contribution in [-0.4, -0.2) is 47.3 Å². The Morgan fingerprint density at radius 3 is 2.28 bits per heavy atom. The van der Waals surface area contributed by atoms with Gasteiger partial charge in [0.05, 0.1) is 18.0 Å². The summed E-state index contributed by atoms with van der Waals surface area (Å²) in [6, 6.07) is 14.8. The lowest BCUT2D eigenvalue weighted by Gasteiger charge is -2.32. The van der Waals surface area contributed by atoms with Crippen molar-refractivity contribution in [1.29, 1.82) is 0 Å². The summed E-state index contributed by atoms with van der Waals surface area (Å²) in [6.07, 6.45) is 3.60. The molecule has 1 fully saturated rings. The molecule has 0 spiro atoms. The van der Waals surface area contributed by atoms with Crippen molar-refractivity contribution in [2.45, 2.75) is 32.7 Å². The molecule has 174 valence electrons. The van der Waals surface area contributed by atoms with Crippen molar-refractivity contribution < 1.29 is 17.9 Å². The number of hydrogen-bond donors (Lipinski definition) is 1. The molecule has 2 aromatic carbocycles. The number of carbonyl (C=O) groups excluding carboxylic acids is 1. The largest absolute Gasteiger partial charge is 0.484 e. The molecule has 1 N–H and O–H groups in total. The Kier molecular flexibility index (Phi) is 7.66. The zero-order chi connectivity index (χ0) is 23.3. The molecular formula is C24H33N3O4S. The third-order valence-electron chi connectivity index (χ3n) is 5.99. The predicted octanol–water partition coefficient (Wildman–Crippen LogP) is 3.57. The van der Waals surface area contributed by atoms with E-state index in [0.29, 0.717) is 11.4 Å². The van der Waals surface area contributed by atoms with Crippen LogP contribution in [0.1, 0.15) is 38.3 Å². The van der Waals surface area contributed by atoms with Gasteiger partial charge in [0.1, 0.15) is 5.75 Å². The highest BCUT2D eigenvalue weighted by molar-refractivity contribution is 7.92. The average Bonchev–Trinajstić information content (AvgIpc) is 2.77. The molecule has 1 atom stereocenters. The number of amides is 1. The normalized spacial score (nSPS) is 15.8. The fourth-order valence-corrected chi connectivity index (χ4v) is 4.20. The maximum Gasteiger partial charge on any atom is 0.258 e. The molecule has 0 unspecified atom stereocenters. The van der Waals surface area contributed by atoms with E-state index in [1.165, 1.54) is 29.9 Å². The molecule has 0 aromatic heterocycles. The second kappa shape index (κ2) is 10.3. The summed E-state index contributed by atoms with van der Waals surface area (Å²) >= 11 is 0. The van der Waals surface area contributed by atoms with Crippen molar-refractivity contribution in [3.63, 3.8) is 0 Å². The zero-order valence-electron chi connectivity index (χ0n) is 19.2. The van der Waals surface area contributed by atoms with Gasteiger partial charge in [0.2, 0.25) is 10.0 Å². The summed E-state index contributed by atoms with van der Waals surface area (Å²) in [6.45, 7) is 6.33. The SMILES string of the molecule is CC1CCN(c2ccc([C@@H](C)NC(=O)COc3ccc(N(C)S(C)(=O)=O)cc3)cc2)CC1. The smallest absolute Gasteiger partial charge is 0.258 e. The first kappa shape index (κ1) is 23.9. The van der Waals surface area contributed by atoms with E-state index in [2.05, 4.69) is 41.4 Å². The second-order valence-electron chi connectivity index (χ2n) is 8.56. The number of ether oxygens (including phenoxy) is 1. The lowest BCUT2D eigenvalue weighted by Crippen LogP contribution is -2.33. The van der Waals surface area contributed by atoms with Gasteiger partial charge in [0.15, 0.2) is 6.61 Å². The van der Waals surface area contributed by atoms with Crippen molar-refractivity contribution >= 4 is 27.3 Å². The molecule has 32 heavy (non-hydrogen) atoms. The predicted molar refractivity (Wildman–Crippen MR) is 129 cm³/mol. The summed E-state index contributed by atoms with van der Waals surface area (Å²) in [5, 5.41) is 2.96. The molecule has 1 amide bonds. The number of nitrogens with one attached hydrogen (secondary N) is 1. The van der Waals surface area contributed by atoms with Crippen molar-refractivity contribution in [3.05, 3.63) is 54.1 Å². The van der Waals surface area contributed by atoms with Crippen molar-refractivity contribution in [3.8, 4) is 5.75 Å². The van der Waals surface area contributed by atoms with Gasteiger partial charge in [-0.2, -0.15) is 0 Å². The summed E-state index contributed by atoms with van der Waals surface area (Å²) in [4.78, 5) is 14.7. The van der Waals surface area contributed by atoms with Crippen LogP contribution >= 0.6 is 0 Å². The maximum absolute atomic E-state index is 12.3. The van der Waals surface area contributed by atoms with Crippen LogP contribution in [0.3, 0.4) is 0 Å². The molecule has 0 saturated carbocycles. The summed E-state index contributed by atoms with van der Waals surface area (Å²) < 4.78 is 29.9. The zero-order valence-corrected chi connectivity index (χ0v) is 20.1. The molecule has 0 bridgehead atoms. The minimum Gasteiger partial charge on any atom is -0.484 e. The van der Waals surface area contributed by atoms with Crippen molar-refractivity contribution in [2.75, 3.05) is 42.2 Å². The van der Waals surface area contributed by atoms with E-state index in [1.807, 2.05) is 6.92 Å². The maximum atomic E-state index is 12.3. The molecule has 3 rings (SSSR count). The van der Waals surface area contributed by atoms with Gasteiger partial charge in [-0.25, -0.2) is 8.42 Å². The fourth-order valence-electron chi connectivity index (χ4n) is 3.70. The summed E-state index contributed by atoms with van der Waals surface area (Å²) in [7, 11) is -1.83. The number of benzene rings is 2. The molecule has 1 aliphatic heterocycles. The van der Waals surface area contributed by atoms with Crippen molar-refractivity contribution in [1.82, 2.24) is 5.32 Å². The van der Waals surface area contributed by atoms with Crippen LogP contribution in [0.5, 0.6) is 5.75 Å². The molecular weight excluding hydrogens is 426 g/mol. The lowest BCUT2D eigenvalue weighted by atomic mass is 9.98. The third kappa shape index (κ3) is 6.38. The van der Waals surface area contributed by atoms with Gasteiger partial charge in [-0.3, -0.25) is 9.10 Å². The minimum atomic E-state index is -3.32. The van der Waals surface area contributed by atoms with E-state index < -0.39 is 10.0 Å². The molecule has 7 nitrogen and oxygen atoms in total. The molecule has 0 aliphatic carbocycles. The van der Waals surface area contributed by atoms with E-state index >= 15 is 0 Å². The van der Waals surface area contributed by atoms with E-state index in [0.717, 1.165) is 30.8 Å². The highest BCUT2D eigenvalue weighted by Gasteiger charge is 2.17. The van der Waals surface area contributed by atoms with Gasteiger partial charge in [-0.1, -0.05) is 19.1 Å². The molecule has 0 radical (unpaired) electrons. The number of carbonyl (C=O) groups is 1. The van der Waals surface area contributed by atoms with Gasteiger partial charge in [0.25, 0.3) is 5.91 Å². The van der Waals surface area contributed by atoms with Gasteiger partial charge in [0, 0.05) is 25.8 Å². The molecule has 1 aliphatic rings. The Bertz CT molecular complexity index is 999. The first-order valence-electron chi connectivity index (χ1n) is 10.9. The quantitative estimate of drug-likeness (QED) is 0.653. The van der Waals surface area contributed by atoms with E-state index in [-0.39, 0.29) is 18.6 Å². The number of anilines is 2. The Morgan fingerprint density at radius 2 is 1.72 bits per heavy atom. The first-order chi connectivity index (χ1) is 15.1.